The summed E-state index contributed by atoms with van der Waals surface area (Å²) in [4.78, 5) is 20.6. The van der Waals surface area contributed by atoms with E-state index in [9.17, 15) is 23.3 Å². The summed E-state index contributed by atoms with van der Waals surface area (Å²) < 4.78 is 22.4. The highest BCUT2D eigenvalue weighted by molar-refractivity contribution is 7.90. The fraction of sp³-hybridized carbons (Fsp3) is 0.111. The van der Waals surface area contributed by atoms with Crippen molar-refractivity contribution in [3.63, 3.8) is 0 Å². The molecule has 1 aromatic carbocycles. The van der Waals surface area contributed by atoms with Crippen molar-refractivity contribution in [2.75, 3.05) is 6.26 Å². The third-order valence-corrected chi connectivity index (χ3v) is 3.05. The predicted molar refractivity (Wildman–Crippen MR) is 56.1 cm³/mol. The summed E-state index contributed by atoms with van der Waals surface area (Å²) in [6, 6.07) is 4.01. The molecule has 1 rings (SSSR count). The van der Waals surface area contributed by atoms with E-state index in [1.807, 2.05) is 0 Å². The van der Waals surface area contributed by atoms with Crippen molar-refractivity contribution in [2.45, 2.75) is 4.90 Å². The summed E-state index contributed by atoms with van der Waals surface area (Å²) in [5.74, 6) is -1.09. The molecule has 0 fully saturated rings. The minimum Gasteiger partial charge on any atom is -0.277 e. The summed E-state index contributed by atoms with van der Waals surface area (Å²) in [7, 11) is -3.61. The Kier molecular flexibility index (Phi) is 3.24. The zero-order valence-corrected chi connectivity index (χ0v) is 9.39. The van der Waals surface area contributed by atoms with Crippen LogP contribution < -0.4 is 0 Å². The van der Waals surface area contributed by atoms with Crippen LogP contribution in [0.3, 0.4) is 0 Å². The van der Waals surface area contributed by atoms with Crippen molar-refractivity contribution in [1.82, 2.24) is 0 Å². The number of nitro groups is 1. The summed E-state index contributed by atoms with van der Waals surface area (Å²) in [5.41, 5.74) is -1.12. The second-order valence-corrected chi connectivity index (χ2v) is 5.16. The Labute approximate surface area is 96.4 Å². The third kappa shape index (κ3) is 2.64. The number of benzene rings is 1. The molecule has 17 heavy (non-hydrogen) atoms. The minimum atomic E-state index is -3.61. The van der Waals surface area contributed by atoms with Crippen LogP contribution in [0.25, 0.3) is 0 Å². The molecule has 0 radical (unpaired) electrons. The van der Waals surface area contributed by atoms with Gasteiger partial charge in [0.2, 0.25) is 0 Å². The van der Waals surface area contributed by atoms with Crippen LogP contribution in [0, 0.1) is 21.4 Å². The van der Waals surface area contributed by atoms with Crippen molar-refractivity contribution in [2.24, 2.45) is 0 Å². The lowest BCUT2D eigenvalue weighted by atomic mass is 10.1. The Hall–Kier alpha value is -2.27. The summed E-state index contributed by atoms with van der Waals surface area (Å²) in [6.07, 6.45) is 0.887. The van der Waals surface area contributed by atoms with E-state index in [2.05, 4.69) is 0 Å². The van der Waals surface area contributed by atoms with Gasteiger partial charge in [-0.15, -0.1) is 0 Å². The van der Waals surface area contributed by atoms with Crippen LogP contribution in [-0.2, 0) is 9.84 Å². The molecule has 0 aliphatic carbocycles. The second-order valence-electron chi connectivity index (χ2n) is 3.15. The highest BCUT2D eigenvalue weighted by Gasteiger charge is 2.22. The number of carbonyl (C=O) groups is 1. The largest absolute Gasteiger partial charge is 0.282 e. The SMILES string of the molecule is CS(=O)(=O)c1ccc(C(=O)C#N)c([N+](=O)[O-])c1. The van der Waals surface area contributed by atoms with E-state index < -0.39 is 31.8 Å². The number of sulfone groups is 1. The average Bonchev–Trinajstić information content (AvgIpc) is 2.25. The molecule has 0 bridgehead atoms. The number of nitro benzene ring substituents is 1. The second kappa shape index (κ2) is 4.31. The van der Waals surface area contributed by atoms with Crippen molar-refractivity contribution in [3.8, 4) is 6.07 Å². The molecule has 88 valence electrons. The first-order valence-electron chi connectivity index (χ1n) is 4.20. The van der Waals surface area contributed by atoms with Crippen molar-refractivity contribution >= 4 is 21.3 Å². The molecule has 0 amide bonds. The molecule has 0 unspecified atom stereocenters. The molecule has 0 N–H and O–H groups in total. The van der Waals surface area contributed by atoms with E-state index in [0.29, 0.717) is 0 Å². The van der Waals surface area contributed by atoms with Crippen molar-refractivity contribution < 1.29 is 18.1 Å². The Morgan fingerprint density at radius 2 is 2.06 bits per heavy atom. The zero-order chi connectivity index (χ0) is 13.2. The van der Waals surface area contributed by atoms with Crippen LogP contribution in [0.15, 0.2) is 23.1 Å². The molecule has 0 spiro atoms. The molecule has 0 aliphatic heterocycles. The Bertz CT molecular complexity index is 642. The van der Waals surface area contributed by atoms with Gasteiger partial charge in [-0.05, 0) is 12.1 Å². The molecule has 0 saturated heterocycles. The fourth-order valence-electron chi connectivity index (χ4n) is 1.15. The number of rotatable bonds is 3. The van der Waals surface area contributed by atoms with E-state index in [1.54, 1.807) is 0 Å². The molecular formula is C9H6N2O5S. The Balaban J connectivity index is 3.55. The van der Waals surface area contributed by atoms with E-state index >= 15 is 0 Å². The highest BCUT2D eigenvalue weighted by atomic mass is 32.2. The molecule has 7 nitrogen and oxygen atoms in total. The molecule has 0 heterocycles. The maximum atomic E-state index is 11.2. The third-order valence-electron chi connectivity index (χ3n) is 1.94. The molecule has 0 atom stereocenters. The van der Waals surface area contributed by atoms with Crippen molar-refractivity contribution in [1.29, 1.82) is 5.26 Å². The van der Waals surface area contributed by atoms with Crippen LogP contribution in [-0.4, -0.2) is 25.4 Å². The number of Topliss-reactive ketones (excluding diaryl/α,β-unsaturated/α-hetero) is 1. The molecular weight excluding hydrogens is 248 g/mol. The van der Waals surface area contributed by atoms with E-state index in [1.165, 1.54) is 6.07 Å². The van der Waals surface area contributed by atoms with Crippen LogP contribution >= 0.6 is 0 Å². The van der Waals surface area contributed by atoms with Gasteiger partial charge in [0, 0.05) is 12.3 Å². The highest BCUT2D eigenvalue weighted by Crippen LogP contribution is 2.23. The molecule has 0 aromatic heterocycles. The van der Waals surface area contributed by atoms with Crippen LogP contribution in [0.4, 0.5) is 5.69 Å². The molecule has 8 heteroatoms. The van der Waals surface area contributed by atoms with Crippen molar-refractivity contribution in [3.05, 3.63) is 33.9 Å². The van der Waals surface area contributed by atoms with Gasteiger partial charge in [0.25, 0.3) is 11.5 Å². The predicted octanol–water partition coefficient (Wildman–Crippen LogP) is 0.705. The van der Waals surface area contributed by atoms with E-state index in [-0.39, 0.29) is 4.90 Å². The van der Waals surface area contributed by atoms with Gasteiger partial charge in [-0.2, -0.15) is 5.26 Å². The number of hydrogen-bond donors (Lipinski definition) is 0. The van der Waals surface area contributed by atoms with Gasteiger partial charge in [0.05, 0.1) is 9.82 Å². The lowest BCUT2D eigenvalue weighted by molar-refractivity contribution is -0.385. The van der Waals surface area contributed by atoms with Gasteiger partial charge in [0.15, 0.2) is 9.84 Å². The number of hydrogen-bond acceptors (Lipinski definition) is 6. The van der Waals surface area contributed by atoms with Gasteiger partial charge in [-0.1, -0.05) is 0 Å². The topological polar surface area (TPSA) is 118 Å². The molecule has 0 saturated carbocycles. The lowest BCUT2D eigenvalue weighted by Crippen LogP contribution is -2.04. The Morgan fingerprint density at radius 3 is 2.47 bits per heavy atom. The fourth-order valence-corrected chi connectivity index (χ4v) is 1.79. The standard InChI is InChI=1S/C9H6N2O5S/c1-17(15,16)6-2-3-7(9(12)5-10)8(4-6)11(13)14/h2-4H,1H3. The number of nitrogens with zero attached hydrogens (tertiary/aromatic N) is 2. The van der Waals surface area contributed by atoms with Gasteiger partial charge >= 0.3 is 0 Å². The zero-order valence-electron chi connectivity index (χ0n) is 8.58. The summed E-state index contributed by atoms with van der Waals surface area (Å²) in [6.45, 7) is 0. The van der Waals surface area contributed by atoms with Gasteiger partial charge in [-0.3, -0.25) is 14.9 Å². The first kappa shape index (κ1) is 12.8. The quantitative estimate of drug-likeness (QED) is 0.339. The van der Waals surface area contributed by atoms with Crippen LogP contribution in [0.5, 0.6) is 0 Å². The average molecular weight is 254 g/mol. The normalized spacial score (nSPS) is 10.6. The first-order valence-corrected chi connectivity index (χ1v) is 6.09. The smallest absolute Gasteiger partial charge is 0.277 e. The van der Waals surface area contributed by atoms with E-state index in [4.69, 9.17) is 5.26 Å². The number of carbonyl (C=O) groups excluding carboxylic acids is 1. The molecule has 0 aliphatic rings. The van der Waals surface area contributed by atoms with Gasteiger partial charge < -0.3 is 0 Å². The number of nitriles is 1. The Morgan fingerprint density at radius 1 is 1.47 bits per heavy atom. The first-order chi connectivity index (χ1) is 7.77. The minimum absolute atomic E-state index is 0.279. The maximum absolute atomic E-state index is 11.2. The van der Waals surface area contributed by atoms with Crippen LogP contribution in [0.2, 0.25) is 0 Å². The number of ketones is 1. The monoisotopic (exact) mass is 254 g/mol. The van der Waals surface area contributed by atoms with Gasteiger partial charge in [-0.25, -0.2) is 8.42 Å². The van der Waals surface area contributed by atoms with E-state index in [0.717, 1.165) is 24.5 Å². The van der Waals surface area contributed by atoms with Crippen LogP contribution in [0.1, 0.15) is 10.4 Å². The summed E-state index contributed by atoms with van der Waals surface area (Å²) >= 11 is 0. The summed E-state index contributed by atoms with van der Waals surface area (Å²) in [5, 5.41) is 19.1. The van der Waals surface area contributed by atoms with Gasteiger partial charge in [0.1, 0.15) is 11.6 Å². The maximum Gasteiger partial charge on any atom is 0.282 e. The molecule has 1 aromatic rings. The lowest BCUT2D eigenvalue weighted by Gasteiger charge is -2.01.